The Hall–Kier alpha value is -0.0800. The van der Waals surface area contributed by atoms with Crippen LogP contribution in [0.15, 0.2) is 0 Å². The summed E-state index contributed by atoms with van der Waals surface area (Å²) in [7, 11) is 1.62. The van der Waals surface area contributed by atoms with Gasteiger partial charge >= 0.3 is 0 Å². The first kappa shape index (κ1) is 8.92. The van der Waals surface area contributed by atoms with E-state index in [1.807, 2.05) is 0 Å². The van der Waals surface area contributed by atoms with Crippen LogP contribution in [-0.4, -0.2) is 24.4 Å². The lowest BCUT2D eigenvalue weighted by atomic mass is 10.0. The lowest BCUT2D eigenvalue weighted by molar-refractivity contribution is 0.0266. The molecule has 2 heteroatoms. The van der Waals surface area contributed by atoms with Gasteiger partial charge < -0.3 is 9.84 Å². The maximum Gasteiger partial charge on any atom is 0.0641 e. The number of methoxy groups -OCH3 is 1. The van der Waals surface area contributed by atoms with Crippen LogP contribution in [0.4, 0.5) is 0 Å². The Morgan fingerprint density at radius 2 is 2.22 bits per heavy atom. The molecule has 0 amide bonds. The van der Waals surface area contributed by atoms with Gasteiger partial charge in [0.2, 0.25) is 0 Å². The highest BCUT2D eigenvalue weighted by Crippen LogP contribution is 2.12. The quantitative estimate of drug-likeness (QED) is 0.616. The lowest BCUT2D eigenvalue weighted by Gasteiger charge is -2.19. The van der Waals surface area contributed by atoms with Gasteiger partial charge in [0.05, 0.1) is 5.60 Å². The molecular formula is C7H15O2. The Bertz CT molecular complexity index is 69.3. The third-order valence-electron chi connectivity index (χ3n) is 1.38. The van der Waals surface area contributed by atoms with Crippen LogP contribution in [0.3, 0.4) is 0 Å². The van der Waals surface area contributed by atoms with Crippen LogP contribution in [0.1, 0.15) is 19.8 Å². The molecule has 0 aromatic rings. The molecule has 1 N–H and O–H groups in total. The third kappa shape index (κ3) is 4.43. The first-order valence-corrected chi connectivity index (χ1v) is 3.13. The topological polar surface area (TPSA) is 29.5 Å². The normalized spacial score (nSPS) is 17.3. The molecule has 9 heavy (non-hydrogen) atoms. The van der Waals surface area contributed by atoms with E-state index in [4.69, 9.17) is 4.74 Å². The van der Waals surface area contributed by atoms with Gasteiger partial charge in [0.1, 0.15) is 0 Å². The number of hydrogen-bond donors (Lipinski definition) is 1. The van der Waals surface area contributed by atoms with Crippen molar-refractivity contribution in [1.82, 2.24) is 0 Å². The molecule has 0 bridgehead atoms. The first-order valence-electron chi connectivity index (χ1n) is 3.13. The van der Waals surface area contributed by atoms with E-state index in [2.05, 4.69) is 6.92 Å². The second kappa shape index (κ2) is 3.85. The van der Waals surface area contributed by atoms with Gasteiger partial charge in [-0.3, -0.25) is 0 Å². The van der Waals surface area contributed by atoms with Crippen LogP contribution in [0.5, 0.6) is 0 Å². The molecule has 0 aliphatic heterocycles. The zero-order valence-electron chi connectivity index (χ0n) is 6.18. The molecule has 0 saturated carbocycles. The molecule has 0 aromatic heterocycles. The molecule has 0 heterocycles. The van der Waals surface area contributed by atoms with E-state index >= 15 is 0 Å². The molecule has 1 unspecified atom stereocenters. The highest BCUT2D eigenvalue weighted by molar-refractivity contribution is 4.72. The van der Waals surface area contributed by atoms with Gasteiger partial charge in [0.25, 0.3) is 0 Å². The fourth-order valence-corrected chi connectivity index (χ4v) is 0.447. The molecule has 0 rings (SSSR count). The van der Waals surface area contributed by atoms with Crippen molar-refractivity contribution < 1.29 is 9.84 Å². The van der Waals surface area contributed by atoms with Crippen molar-refractivity contribution in [1.29, 1.82) is 0 Å². The zero-order valence-corrected chi connectivity index (χ0v) is 6.18. The van der Waals surface area contributed by atoms with Crippen LogP contribution in [0, 0.1) is 6.92 Å². The summed E-state index contributed by atoms with van der Waals surface area (Å²) in [6, 6.07) is 0. The second-order valence-corrected chi connectivity index (χ2v) is 2.49. The van der Waals surface area contributed by atoms with Crippen molar-refractivity contribution in [3.63, 3.8) is 0 Å². The van der Waals surface area contributed by atoms with Crippen LogP contribution < -0.4 is 0 Å². The van der Waals surface area contributed by atoms with E-state index in [1.54, 1.807) is 14.0 Å². The number of aliphatic hydroxyl groups is 1. The first-order chi connectivity index (χ1) is 4.12. The van der Waals surface area contributed by atoms with E-state index in [0.29, 0.717) is 19.4 Å². The van der Waals surface area contributed by atoms with E-state index in [-0.39, 0.29) is 0 Å². The summed E-state index contributed by atoms with van der Waals surface area (Å²) in [5.41, 5.74) is -0.643. The van der Waals surface area contributed by atoms with Crippen LogP contribution in [0.2, 0.25) is 0 Å². The van der Waals surface area contributed by atoms with Gasteiger partial charge in [-0.15, -0.1) is 0 Å². The molecule has 2 nitrogen and oxygen atoms in total. The fourth-order valence-electron chi connectivity index (χ4n) is 0.447. The maximum atomic E-state index is 9.31. The average molecular weight is 131 g/mol. The van der Waals surface area contributed by atoms with Crippen molar-refractivity contribution in [2.24, 2.45) is 0 Å². The predicted molar refractivity (Wildman–Crippen MR) is 37.1 cm³/mol. The maximum absolute atomic E-state index is 9.31. The van der Waals surface area contributed by atoms with Gasteiger partial charge in [0, 0.05) is 13.7 Å². The van der Waals surface area contributed by atoms with Crippen LogP contribution in [0.25, 0.3) is 0 Å². The molecule has 0 aliphatic carbocycles. The highest BCUT2D eigenvalue weighted by atomic mass is 16.5. The lowest BCUT2D eigenvalue weighted by Crippen LogP contribution is -2.24. The summed E-state index contributed by atoms with van der Waals surface area (Å²) in [5, 5.41) is 9.31. The number of rotatable bonds is 4. The van der Waals surface area contributed by atoms with Gasteiger partial charge in [-0.25, -0.2) is 0 Å². The SMILES string of the molecule is [CH2]CC(C)(O)CCOC. The minimum atomic E-state index is -0.643. The minimum absolute atomic E-state index is 0.538. The Balaban J connectivity index is 3.33. The molecule has 0 fully saturated rings. The second-order valence-electron chi connectivity index (χ2n) is 2.49. The van der Waals surface area contributed by atoms with Crippen LogP contribution >= 0.6 is 0 Å². The predicted octanol–water partition coefficient (Wildman–Crippen LogP) is 0.998. The Labute approximate surface area is 56.8 Å². The van der Waals surface area contributed by atoms with E-state index in [9.17, 15) is 5.11 Å². The standard InChI is InChI=1S/C7H15O2/c1-4-7(2,8)5-6-9-3/h8H,1,4-6H2,2-3H3. The van der Waals surface area contributed by atoms with Crippen molar-refractivity contribution in [2.45, 2.75) is 25.4 Å². The monoisotopic (exact) mass is 131 g/mol. The van der Waals surface area contributed by atoms with Crippen molar-refractivity contribution in [3.8, 4) is 0 Å². The van der Waals surface area contributed by atoms with Gasteiger partial charge in [-0.2, -0.15) is 0 Å². The molecule has 1 radical (unpaired) electrons. The Morgan fingerprint density at radius 3 is 2.56 bits per heavy atom. The largest absolute Gasteiger partial charge is 0.390 e. The minimum Gasteiger partial charge on any atom is -0.390 e. The molecular weight excluding hydrogens is 116 g/mol. The van der Waals surface area contributed by atoms with Crippen molar-refractivity contribution in [3.05, 3.63) is 6.92 Å². The molecule has 55 valence electrons. The summed E-state index contributed by atoms with van der Waals surface area (Å²) in [5.74, 6) is 0. The van der Waals surface area contributed by atoms with Gasteiger partial charge in [-0.05, 0) is 19.8 Å². The third-order valence-corrected chi connectivity index (χ3v) is 1.38. The number of ether oxygens (including phenoxy) is 1. The van der Waals surface area contributed by atoms with E-state index in [1.165, 1.54) is 0 Å². The summed E-state index contributed by atoms with van der Waals surface area (Å²) in [4.78, 5) is 0. The fraction of sp³-hybridized carbons (Fsp3) is 0.857. The molecule has 0 aromatic carbocycles. The van der Waals surface area contributed by atoms with Crippen molar-refractivity contribution >= 4 is 0 Å². The summed E-state index contributed by atoms with van der Waals surface area (Å²) in [6.45, 7) is 5.97. The smallest absolute Gasteiger partial charge is 0.0641 e. The molecule has 1 atom stereocenters. The Morgan fingerprint density at radius 1 is 1.67 bits per heavy atom. The summed E-state index contributed by atoms with van der Waals surface area (Å²) < 4.78 is 4.79. The van der Waals surface area contributed by atoms with Crippen LogP contribution in [-0.2, 0) is 4.74 Å². The number of hydrogen-bond acceptors (Lipinski definition) is 2. The summed E-state index contributed by atoms with van der Waals surface area (Å²) in [6.07, 6.45) is 1.20. The van der Waals surface area contributed by atoms with Gasteiger partial charge in [-0.1, -0.05) is 6.92 Å². The molecule has 0 aliphatic rings. The summed E-state index contributed by atoms with van der Waals surface area (Å²) >= 11 is 0. The molecule has 0 spiro atoms. The van der Waals surface area contributed by atoms with E-state index < -0.39 is 5.60 Å². The highest BCUT2D eigenvalue weighted by Gasteiger charge is 2.15. The average Bonchev–Trinajstić information content (AvgIpc) is 1.84. The Kier molecular flexibility index (Phi) is 3.82. The van der Waals surface area contributed by atoms with Gasteiger partial charge in [0.15, 0.2) is 0 Å². The van der Waals surface area contributed by atoms with E-state index in [0.717, 1.165) is 0 Å². The molecule has 0 saturated heterocycles. The van der Waals surface area contributed by atoms with Crippen molar-refractivity contribution in [2.75, 3.05) is 13.7 Å². The zero-order chi connectivity index (χ0) is 7.33.